The van der Waals surface area contributed by atoms with Crippen LogP contribution in [-0.4, -0.2) is 35.0 Å². The summed E-state index contributed by atoms with van der Waals surface area (Å²) in [5, 5.41) is 4.16. The average molecular weight is 366 g/mol. The van der Waals surface area contributed by atoms with E-state index in [4.69, 9.17) is 4.42 Å². The highest BCUT2D eigenvalue weighted by Gasteiger charge is 2.29. The number of para-hydroxylation sites is 1. The first kappa shape index (κ1) is 17.8. The van der Waals surface area contributed by atoms with E-state index >= 15 is 0 Å². The van der Waals surface area contributed by atoms with Gasteiger partial charge in [0.25, 0.3) is 0 Å². The maximum Gasteiger partial charge on any atom is 0.225 e. The number of aromatic nitrogens is 2. The third-order valence-electron chi connectivity index (χ3n) is 5.34. The first-order valence-electron chi connectivity index (χ1n) is 9.85. The molecule has 1 saturated heterocycles. The number of hydrogen-bond donors (Lipinski definition) is 1. The summed E-state index contributed by atoms with van der Waals surface area (Å²) >= 11 is 0. The van der Waals surface area contributed by atoms with E-state index in [1.54, 1.807) is 6.33 Å². The normalized spacial score (nSPS) is 18.7. The molecule has 4 rings (SSSR count). The van der Waals surface area contributed by atoms with Crippen molar-refractivity contribution in [1.29, 1.82) is 0 Å². The van der Waals surface area contributed by atoms with Gasteiger partial charge < -0.3 is 14.6 Å². The summed E-state index contributed by atoms with van der Waals surface area (Å²) in [5.74, 6) is 0.915. The lowest BCUT2D eigenvalue weighted by Crippen LogP contribution is -2.45. The van der Waals surface area contributed by atoms with Gasteiger partial charge in [0.05, 0.1) is 5.92 Å². The van der Waals surface area contributed by atoms with Gasteiger partial charge in [0, 0.05) is 24.5 Å². The summed E-state index contributed by atoms with van der Waals surface area (Å²) in [6.45, 7) is 5.74. The summed E-state index contributed by atoms with van der Waals surface area (Å²) in [6, 6.07) is 8.12. The Hall–Kier alpha value is -2.63. The monoisotopic (exact) mass is 366 g/mol. The van der Waals surface area contributed by atoms with Crippen molar-refractivity contribution in [3.8, 4) is 0 Å². The summed E-state index contributed by atoms with van der Waals surface area (Å²) in [4.78, 5) is 23.8. The van der Waals surface area contributed by atoms with E-state index in [9.17, 15) is 4.79 Å². The van der Waals surface area contributed by atoms with E-state index in [2.05, 4.69) is 34.0 Å². The molecule has 0 bridgehead atoms. The van der Waals surface area contributed by atoms with E-state index in [0.717, 1.165) is 54.5 Å². The number of carbonyl (C=O) groups is 1. The van der Waals surface area contributed by atoms with E-state index in [1.807, 2.05) is 24.3 Å². The smallest absolute Gasteiger partial charge is 0.225 e. The molecule has 1 aromatic carbocycles. The molecule has 2 unspecified atom stereocenters. The summed E-state index contributed by atoms with van der Waals surface area (Å²) < 4.78 is 6.06. The summed E-state index contributed by atoms with van der Waals surface area (Å²) in [6.07, 6.45) is 5.55. The Balaban J connectivity index is 1.59. The van der Waals surface area contributed by atoms with Gasteiger partial charge in [0.1, 0.15) is 17.4 Å². The van der Waals surface area contributed by atoms with Crippen molar-refractivity contribution in [3.63, 3.8) is 0 Å². The Labute approximate surface area is 159 Å². The second-order valence-electron chi connectivity index (χ2n) is 7.46. The molecule has 6 nitrogen and oxygen atoms in total. The zero-order valence-electron chi connectivity index (χ0n) is 15.9. The lowest BCUT2D eigenvalue weighted by Gasteiger charge is -2.33. The molecule has 1 N–H and O–H groups in total. The van der Waals surface area contributed by atoms with Crippen LogP contribution in [0.1, 0.15) is 39.5 Å². The molecule has 3 heterocycles. The van der Waals surface area contributed by atoms with Crippen LogP contribution in [0.15, 0.2) is 35.0 Å². The topological polar surface area (TPSA) is 71.3 Å². The quantitative estimate of drug-likeness (QED) is 0.741. The molecule has 6 heteroatoms. The van der Waals surface area contributed by atoms with E-state index in [-0.39, 0.29) is 17.9 Å². The van der Waals surface area contributed by atoms with Gasteiger partial charge >= 0.3 is 0 Å². The van der Waals surface area contributed by atoms with E-state index < -0.39 is 0 Å². The van der Waals surface area contributed by atoms with Crippen LogP contribution in [0, 0.1) is 5.92 Å². The van der Waals surface area contributed by atoms with Crippen LogP contribution in [-0.2, 0) is 4.79 Å². The van der Waals surface area contributed by atoms with Crippen LogP contribution in [0.5, 0.6) is 0 Å². The lowest BCUT2D eigenvalue weighted by molar-refractivity contribution is -0.125. The number of amides is 1. The maximum atomic E-state index is 12.7. The molecule has 2 aromatic heterocycles. The van der Waals surface area contributed by atoms with Crippen molar-refractivity contribution in [2.24, 2.45) is 5.92 Å². The molecule has 3 aromatic rings. The predicted molar refractivity (Wildman–Crippen MR) is 107 cm³/mol. The standard InChI is InChI=1S/C21H26N4O2/c1-3-7-14(2)24-21(26)15-8-6-11-25(12-15)20-19-18(22-13-23-20)16-9-4-5-10-17(16)27-19/h4-5,9-10,13-15H,3,6-8,11-12H2,1-2H3,(H,24,26). The molecular weight excluding hydrogens is 340 g/mol. The maximum absolute atomic E-state index is 12.7. The Morgan fingerprint density at radius 1 is 1.37 bits per heavy atom. The Bertz CT molecular complexity index is 952. The molecule has 0 radical (unpaired) electrons. The van der Waals surface area contributed by atoms with Crippen LogP contribution in [0.3, 0.4) is 0 Å². The van der Waals surface area contributed by atoms with Crippen molar-refractivity contribution >= 4 is 33.8 Å². The number of carbonyl (C=O) groups excluding carboxylic acids is 1. The molecule has 1 amide bonds. The van der Waals surface area contributed by atoms with Crippen LogP contribution in [0.2, 0.25) is 0 Å². The zero-order valence-corrected chi connectivity index (χ0v) is 15.9. The van der Waals surface area contributed by atoms with Crippen molar-refractivity contribution in [2.75, 3.05) is 18.0 Å². The SMILES string of the molecule is CCCC(C)NC(=O)C1CCCN(c2ncnc3c2oc2ccccc23)C1. The molecule has 2 atom stereocenters. The first-order chi connectivity index (χ1) is 13.2. The van der Waals surface area contributed by atoms with E-state index in [0.29, 0.717) is 12.1 Å². The highest BCUT2D eigenvalue weighted by atomic mass is 16.3. The minimum atomic E-state index is -0.0209. The van der Waals surface area contributed by atoms with Gasteiger partial charge in [-0.3, -0.25) is 4.79 Å². The van der Waals surface area contributed by atoms with Crippen LogP contribution in [0.4, 0.5) is 5.82 Å². The van der Waals surface area contributed by atoms with Gasteiger partial charge in [-0.2, -0.15) is 0 Å². The van der Waals surface area contributed by atoms with Gasteiger partial charge in [0.15, 0.2) is 11.4 Å². The zero-order chi connectivity index (χ0) is 18.8. The van der Waals surface area contributed by atoms with Gasteiger partial charge in [-0.05, 0) is 38.3 Å². The third kappa shape index (κ3) is 3.48. The molecule has 0 aliphatic carbocycles. The molecule has 0 saturated carbocycles. The fourth-order valence-corrected chi connectivity index (χ4v) is 3.99. The second-order valence-corrected chi connectivity index (χ2v) is 7.46. The van der Waals surface area contributed by atoms with Gasteiger partial charge in [-0.1, -0.05) is 25.5 Å². The minimum Gasteiger partial charge on any atom is -0.450 e. The minimum absolute atomic E-state index is 0.0209. The van der Waals surface area contributed by atoms with Crippen molar-refractivity contribution in [2.45, 2.75) is 45.6 Å². The number of nitrogens with zero attached hydrogens (tertiary/aromatic N) is 3. The number of anilines is 1. The highest BCUT2D eigenvalue weighted by molar-refractivity contribution is 6.05. The molecule has 1 aliphatic heterocycles. The number of nitrogens with one attached hydrogen (secondary N) is 1. The fourth-order valence-electron chi connectivity index (χ4n) is 3.99. The Morgan fingerprint density at radius 3 is 3.07 bits per heavy atom. The second kappa shape index (κ2) is 7.55. The lowest BCUT2D eigenvalue weighted by atomic mass is 9.96. The largest absolute Gasteiger partial charge is 0.450 e. The number of fused-ring (bicyclic) bond motifs is 3. The summed E-state index contributed by atoms with van der Waals surface area (Å²) in [7, 11) is 0. The third-order valence-corrected chi connectivity index (χ3v) is 5.34. The highest BCUT2D eigenvalue weighted by Crippen LogP contribution is 2.33. The number of benzene rings is 1. The molecule has 1 aliphatic rings. The number of piperidine rings is 1. The molecule has 27 heavy (non-hydrogen) atoms. The Kier molecular flexibility index (Phi) is 4.97. The van der Waals surface area contributed by atoms with Gasteiger partial charge in [-0.15, -0.1) is 0 Å². The fraction of sp³-hybridized carbons (Fsp3) is 0.476. The molecular formula is C21H26N4O2. The average Bonchev–Trinajstić information content (AvgIpc) is 3.07. The van der Waals surface area contributed by atoms with Crippen LogP contribution in [0.25, 0.3) is 22.1 Å². The van der Waals surface area contributed by atoms with Crippen LogP contribution < -0.4 is 10.2 Å². The summed E-state index contributed by atoms with van der Waals surface area (Å²) in [5.41, 5.74) is 2.35. The number of furan rings is 1. The molecule has 0 spiro atoms. The number of hydrogen-bond acceptors (Lipinski definition) is 5. The van der Waals surface area contributed by atoms with Crippen molar-refractivity contribution in [3.05, 3.63) is 30.6 Å². The number of rotatable bonds is 5. The van der Waals surface area contributed by atoms with Crippen LogP contribution >= 0.6 is 0 Å². The van der Waals surface area contributed by atoms with Crippen molar-refractivity contribution in [1.82, 2.24) is 15.3 Å². The predicted octanol–water partition coefficient (Wildman–Crippen LogP) is 3.90. The van der Waals surface area contributed by atoms with Gasteiger partial charge in [0.2, 0.25) is 5.91 Å². The molecule has 142 valence electrons. The first-order valence-corrected chi connectivity index (χ1v) is 9.85. The molecule has 1 fully saturated rings. The Morgan fingerprint density at radius 2 is 2.22 bits per heavy atom. The van der Waals surface area contributed by atoms with E-state index in [1.165, 1.54) is 0 Å². The van der Waals surface area contributed by atoms with Crippen molar-refractivity contribution < 1.29 is 9.21 Å². The van der Waals surface area contributed by atoms with Gasteiger partial charge in [-0.25, -0.2) is 9.97 Å².